The van der Waals surface area contributed by atoms with Crippen LogP contribution in [0.3, 0.4) is 0 Å². The van der Waals surface area contributed by atoms with Crippen molar-refractivity contribution in [3.05, 3.63) is 97.1 Å². The molecule has 9 aromatic rings. The van der Waals surface area contributed by atoms with Crippen molar-refractivity contribution in [3.63, 3.8) is 0 Å². The molecule has 0 spiro atoms. The predicted molar refractivity (Wildman–Crippen MR) is 140 cm³/mol. The summed E-state index contributed by atoms with van der Waals surface area (Å²) in [6.45, 7) is 0. The van der Waals surface area contributed by atoms with Gasteiger partial charge in [-0.15, -0.1) is 0 Å². The Morgan fingerprint density at radius 1 is 0.250 bits per heavy atom. The van der Waals surface area contributed by atoms with Gasteiger partial charge in [-0.1, -0.05) is 91.0 Å². The minimum absolute atomic E-state index is 1.32. The van der Waals surface area contributed by atoms with Crippen LogP contribution in [-0.2, 0) is 0 Å². The fraction of sp³-hybridized carbons (Fsp3) is 0. The third-order valence-corrected chi connectivity index (χ3v) is 7.84. The number of hydrogen-bond donors (Lipinski definition) is 0. The van der Waals surface area contributed by atoms with Gasteiger partial charge in [0.25, 0.3) is 0 Å². The van der Waals surface area contributed by atoms with Crippen molar-refractivity contribution in [2.45, 2.75) is 0 Å². The molecule has 0 aliphatic heterocycles. The summed E-state index contributed by atoms with van der Waals surface area (Å²) in [5.74, 6) is 0. The van der Waals surface area contributed by atoms with Crippen molar-refractivity contribution in [2.24, 2.45) is 0 Å². The first-order chi connectivity index (χ1) is 15.9. The van der Waals surface area contributed by atoms with E-state index in [4.69, 9.17) is 0 Å². The summed E-state index contributed by atoms with van der Waals surface area (Å²) < 4.78 is 0. The van der Waals surface area contributed by atoms with Crippen LogP contribution >= 0.6 is 0 Å². The van der Waals surface area contributed by atoms with Crippen LogP contribution in [0.5, 0.6) is 0 Å². The van der Waals surface area contributed by atoms with Crippen LogP contribution in [0.15, 0.2) is 97.1 Å². The number of hydrogen-bond acceptors (Lipinski definition) is 0. The van der Waals surface area contributed by atoms with Gasteiger partial charge >= 0.3 is 0 Å². The minimum atomic E-state index is 1.32. The zero-order chi connectivity index (χ0) is 20.6. The molecule has 0 heteroatoms. The molecule has 9 aromatic carbocycles. The average molecular weight is 400 g/mol. The lowest BCUT2D eigenvalue weighted by molar-refractivity contribution is 1.80. The molecule has 0 atom stereocenters. The summed E-state index contributed by atoms with van der Waals surface area (Å²) in [4.78, 5) is 0. The molecule has 0 bridgehead atoms. The molecule has 0 aliphatic rings. The van der Waals surface area contributed by atoms with Gasteiger partial charge in [-0.3, -0.25) is 0 Å². The Kier molecular flexibility index (Phi) is 2.44. The van der Waals surface area contributed by atoms with Crippen LogP contribution in [0, 0.1) is 0 Å². The van der Waals surface area contributed by atoms with Crippen LogP contribution < -0.4 is 0 Å². The van der Waals surface area contributed by atoms with Crippen molar-refractivity contribution in [1.29, 1.82) is 0 Å². The number of fused-ring (bicyclic) bond motifs is 3. The lowest BCUT2D eigenvalue weighted by atomic mass is 9.81. The highest BCUT2D eigenvalue weighted by molar-refractivity contribution is 6.48. The fourth-order valence-corrected chi connectivity index (χ4v) is 6.66. The molecule has 0 N–H and O–H groups in total. The minimum Gasteiger partial charge on any atom is -0.0610 e. The summed E-state index contributed by atoms with van der Waals surface area (Å²) in [6.07, 6.45) is 0. The van der Waals surface area contributed by atoms with Crippen LogP contribution in [0.1, 0.15) is 0 Å². The average Bonchev–Trinajstić information content (AvgIpc) is 2.85. The van der Waals surface area contributed by atoms with E-state index in [1.54, 1.807) is 0 Å². The van der Waals surface area contributed by atoms with E-state index in [1.807, 2.05) is 0 Å². The molecular formula is C32H16. The van der Waals surface area contributed by atoms with Gasteiger partial charge in [-0.25, -0.2) is 0 Å². The molecule has 0 amide bonds. The second-order valence-electron chi connectivity index (χ2n) is 9.28. The first kappa shape index (κ1) is 15.6. The van der Waals surface area contributed by atoms with Gasteiger partial charge in [0.05, 0.1) is 0 Å². The van der Waals surface area contributed by atoms with E-state index in [2.05, 4.69) is 97.1 Å². The number of rotatable bonds is 0. The Bertz CT molecular complexity index is 2170. The molecular weight excluding hydrogens is 384 g/mol. The van der Waals surface area contributed by atoms with Gasteiger partial charge in [-0.2, -0.15) is 0 Å². The van der Waals surface area contributed by atoms with E-state index in [1.165, 1.54) is 86.2 Å². The van der Waals surface area contributed by atoms with Crippen LogP contribution in [0.2, 0.25) is 0 Å². The molecule has 32 heavy (non-hydrogen) atoms. The normalized spacial score (nSPS) is 13.0. The Morgan fingerprint density at radius 2 is 0.719 bits per heavy atom. The van der Waals surface area contributed by atoms with E-state index >= 15 is 0 Å². The van der Waals surface area contributed by atoms with Crippen molar-refractivity contribution in [3.8, 4) is 0 Å². The fourth-order valence-electron chi connectivity index (χ4n) is 6.66. The standard InChI is InChI=1S/C32H16/c1-4-18-13-15-25-30-24-9-3-6-17-5-2-8-22(27(17)24)23-14-12-19-10-11-21-16-20(7-1)26(18)32(25)29(21)28(19)31(23)30/h1-16H. The van der Waals surface area contributed by atoms with Crippen molar-refractivity contribution in [1.82, 2.24) is 0 Å². The molecule has 0 heterocycles. The SMILES string of the molecule is c1cc2ccc3c4c5cccc6cccc(c7ccc8ccc9cc(c1)c2c3c9c8c74)c65. The Balaban J connectivity index is 1.81. The zero-order valence-corrected chi connectivity index (χ0v) is 17.2. The predicted octanol–water partition coefficient (Wildman–Crippen LogP) is 9.23. The first-order valence-electron chi connectivity index (χ1n) is 11.3. The quantitative estimate of drug-likeness (QED) is 0.176. The maximum absolute atomic E-state index is 2.38. The maximum Gasteiger partial charge on any atom is -0.000762 e. The Hall–Kier alpha value is -4.16. The number of benzene rings is 9. The third kappa shape index (κ3) is 1.57. The smallest absolute Gasteiger partial charge is 0.000762 e. The van der Waals surface area contributed by atoms with Crippen molar-refractivity contribution in [2.75, 3.05) is 0 Å². The monoisotopic (exact) mass is 400 g/mol. The van der Waals surface area contributed by atoms with Crippen molar-refractivity contribution >= 4 is 86.2 Å². The topological polar surface area (TPSA) is 0 Å². The lowest BCUT2D eigenvalue weighted by Gasteiger charge is -2.22. The van der Waals surface area contributed by atoms with Crippen molar-refractivity contribution < 1.29 is 0 Å². The molecule has 0 aliphatic carbocycles. The second kappa shape index (κ2) is 5.00. The zero-order valence-electron chi connectivity index (χ0n) is 17.2. The maximum atomic E-state index is 2.38. The second-order valence-corrected chi connectivity index (χ2v) is 9.28. The summed E-state index contributed by atoms with van der Waals surface area (Å²) in [7, 11) is 0. The molecule has 0 fully saturated rings. The molecule has 144 valence electrons. The van der Waals surface area contributed by atoms with Gasteiger partial charge < -0.3 is 0 Å². The summed E-state index contributed by atoms with van der Waals surface area (Å²) >= 11 is 0. The van der Waals surface area contributed by atoms with Crippen LogP contribution in [-0.4, -0.2) is 0 Å². The van der Waals surface area contributed by atoms with E-state index < -0.39 is 0 Å². The molecule has 0 radical (unpaired) electrons. The van der Waals surface area contributed by atoms with Gasteiger partial charge in [0.15, 0.2) is 0 Å². The van der Waals surface area contributed by atoms with E-state index in [9.17, 15) is 0 Å². The van der Waals surface area contributed by atoms with Gasteiger partial charge in [0, 0.05) is 0 Å². The van der Waals surface area contributed by atoms with Gasteiger partial charge in [0.1, 0.15) is 0 Å². The molecule has 0 saturated carbocycles. The first-order valence-corrected chi connectivity index (χ1v) is 11.3. The summed E-state index contributed by atoms with van der Waals surface area (Å²) in [5, 5.41) is 22.0. The molecule has 0 saturated heterocycles. The summed E-state index contributed by atoms with van der Waals surface area (Å²) in [5.41, 5.74) is 0. The van der Waals surface area contributed by atoms with E-state index in [-0.39, 0.29) is 0 Å². The largest absolute Gasteiger partial charge is 0.0610 e. The molecule has 0 unspecified atom stereocenters. The summed E-state index contributed by atoms with van der Waals surface area (Å²) in [6, 6.07) is 36.6. The van der Waals surface area contributed by atoms with Gasteiger partial charge in [-0.05, 0) is 92.2 Å². The molecule has 9 rings (SSSR count). The lowest BCUT2D eigenvalue weighted by Crippen LogP contribution is -1.93. The van der Waals surface area contributed by atoms with E-state index in [0.717, 1.165) is 0 Å². The molecule has 0 aromatic heterocycles. The van der Waals surface area contributed by atoms with Gasteiger partial charge in [0.2, 0.25) is 0 Å². The van der Waals surface area contributed by atoms with E-state index in [0.29, 0.717) is 0 Å². The van der Waals surface area contributed by atoms with Crippen LogP contribution in [0.4, 0.5) is 0 Å². The highest BCUT2D eigenvalue weighted by atomic mass is 14.2. The molecule has 0 nitrogen and oxygen atoms in total. The Labute approximate surface area is 183 Å². The highest BCUT2D eigenvalue weighted by Gasteiger charge is 2.21. The van der Waals surface area contributed by atoms with Crippen LogP contribution in [0.25, 0.3) is 86.2 Å². The Morgan fingerprint density at radius 3 is 1.59 bits per heavy atom. The highest BCUT2D eigenvalue weighted by Crippen LogP contribution is 2.50. The third-order valence-electron chi connectivity index (χ3n) is 7.84.